The molecular formula is C22H36BrNO2. The van der Waals surface area contributed by atoms with Crippen molar-refractivity contribution in [2.24, 2.45) is 0 Å². The minimum absolute atomic E-state index is 0. The summed E-state index contributed by atoms with van der Waals surface area (Å²) >= 11 is 0. The summed E-state index contributed by atoms with van der Waals surface area (Å²) in [7, 11) is 4.55. The first-order valence-corrected chi connectivity index (χ1v) is 9.74. The van der Waals surface area contributed by atoms with Gasteiger partial charge in [0.05, 0.1) is 25.7 Å². The van der Waals surface area contributed by atoms with Crippen molar-refractivity contribution in [3.8, 4) is 0 Å². The highest BCUT2D eigenvalue weighted by molar-refractivity contribution is 5.89. The van der Waals surface area contributed by atoms with Gasteiger partial charge in [0.1, 0.15) is 12.6 Å². The van der Waals surface area contributed by atoms with Crippen molar-refractivity contribution >= 4 is 5.97 Å². The molecule has 1 atom stereocenters. The van der Waals surface area contributed by atoms with Crippen LogP contribution in [-0.2, 0) is 10.2 Å². The van der Waals surface area contributed by atoms with E-state index in [9.17, 15) is 4.79 Å². The number of esters is 1. The largest absolute Gasteiger partial charge is 1.00 e. The zero-order valence-corrected chi connectivity index (χ0v) is 18.9. The second-order valence-electron chi connectivity index (χ2n) is 9.30. The number of hydrogen-bond acceptors (Lipinski definition) is 2. The molecule has 0 bridgehead atoms. The summed E-state index contributed by atoms with van der Waals surface area (Å²) in [5, 5.41) is 0. The topological polar surface area (TPSA) is 26.3 Å². The highest BCUT2D eigenvalue weighted by atomic mass is 79.9. The van der Waals surface area contributed by atoms with Gasteiger partial charge in [-0.2, -0.15) is 0 Å². The lowest BCUT2D eigenvalue weighted by Gasteiger charge is -2.41. The molecule has 1 fully saturated rings. The van der Waals surface area contributed by atoms with Crippen LogP contribution in [0.15, 0.2) is 24.3 Å². The zero-order chi connectivity index (χ0) is 18.7. The number of ether oxygens (including phenoxy) is 1. The van der Waals surface area contributed by atoms with Crippen LogP contribution in [0.4, 0.5) is 0 Å². The third-order valence-corrected chi connectivity index (χ3v) is 5.59. The van der Waals surface area contributed by atoms with Crippen LogP contribution in [0, 0.1) is 0 Å². The number of likely N-dealkylation sites (N-methyl/N-ethyl adjacent to an activating group) is 1. The molecule has 0 amide bonds. The molecule has 4 heteroatoms. The van der Waals surface area contributed by atoms with Gasteiger partial charge in [0.2, 0.25) is 0 Å². The summed E-state index contributed by atoms with van der Waals surface area (Å²) in [6, 6.07) is 8.53. The number of benzene rings is 1. The van der Waals surface area contributed by atoms with Gasteiger partial charge in [-0.3, -0.25) is 0 Å². The molecular weight excluding hydrogens is 390 g/mol. The Kier molecular flexibility index (Phi) is 8.34. The first-order chi connectivity index (χ1) is 11.6. The Labute approximate surface area is 170 Å². The molecule has 0 saturated heterocycles. The second kappa shape index (κ2) is 9.36. The molecule has 0 spiro atoms. The number of halogens is 1. The Balaban J connectivity index is 0.00000338. The Morgan fingerprint density at radius 3 is 2.15 bits per heavy atom. The Bertz CT molecular complexity index is 569. The van der Waals surface area contributed by atoms with Crippen LogP contribution in [0.5, 0.6) is 0 Å². The minimum Gasteiger partial charge on any atom is -1.00 e. The fourth-order valence-corrected chi connectivity index (χ4v) is 3.99. The average Bonchev–Trinajstić information content (AvgIpc) is 2.54. The number of nitrogens with zero attached hydrogens (tertiary/aromatic N) is 1. The van der Waals surface area contributed by atoms with Gasteiger partial charge in [-0.1, -0.05) is 39.3 Å². The van der Waals surface area contributed by atoms with Gasteiger partial charge in [-0.25, -0.2) is 4.79 Å². The average molecular weight is 426 g/mol. The molecule has 2 rings (SSSR count). The molecule has 3 nitrogen and oxygen atoms in total. The van der Waals surface area contributed by atoms with Gasteiger partial charge >= 0.3 is 5.97 Å². The Morgan fingerprint density at radius 1 is 1.12 bits per heavy atom. The molecule has 26 heavy (non-hydrogen) atoms. The van der Waals surface area contributed by atoms with E-state index in [1.807, 2.05) is 31.2 Å². The lowest BCUT2D eigenvalue weighted by atomic mass is 9.87. The van der Waals surface area contributed by atoms with Crippen LogP contribution in [0.3, 0.4) is 0 Å². The third-order valence-electron chi connectivity index (χ3n) is 5.59. The van der Waals surface area contributed by atoms with Crippen LogP contribution in [-0.4, -0.2) is 43.2 Å². The molecule has 148 valence electrons. The van der Waals surface area contributed by atoms with E-state index >= 15 is 0 Å². The number of hydrogen-bond donors (Lipinski definition) is 0. The quantitative estimate of drug-likeness (QED) is 0.532. The van der Waals surface area contributed by atoms with E-state index in [1.54, 1.807) is 0 Å². The maximum absolute atomic E-state index is 12.4. The van der Waals surface area contributed by atoms with E-state index in [1.165, 1.54) is 37.7 Å². The van der Waals surface area contributed by atoms with Crippen molar-refractivity contribution in [2.75, 3.05) is 20.6 Å². The molecule has 0 N–H and O–H groups in total. The molecule has 0 unspecified atom stereocenters. The summed E-state index contributed by atoms with van der Waals surface area (Å²) in [5.41, 5.74) is 1.96. The molecule has 0 aliphatic heterocycles. The van der Waals surface area contributed by atoms with Crippen LogP contribution in [0.2, 0.25) is 0 Å². The SMILES string of the molecule is C[C@@H](C[N+](C)(C)C1CCCCC1)OC(=O)c1ccc(C(C)(C)C)cc1.[Br-]. The van der Waals surface area contributed by atoms with Crippen LogP contribution in [0.1, 0.15) is 75.7 Å². The van der Waals surface area contributed by atoms with E-state index < -0.39 is 0 Å². The summed E-state index contributed by atoms with van der Waals surface area (Å²) in [5.74, 6) is -0.211. The van der Waals surface area contributed by atoms with Crippen molar-refractivity contribution in [2.45, 2.75) is 77.4 Å². The predicted octanol–water partition coefficient (Wildman–Crippen LogP) is 1.94. The summed E-state index contributed by atoms with van der Waals surface area (Å²) in [6.07, 6.45) is 6.54. The zero-order valence-electron chi connectivity index (χ0n) is 17.3. The Morgan fingerprint density at radius 2 is 1.65 bits per heavy atom. The molecule has 1 aliphatic carbocycles. The van der Waals surface area contributed by atoms with Crippen LogP contribution < -0.4 is 17.0 Å². The van der Waals surface area contributed by atoms with Gasteiger partial charge < -0.3 is 26.2 Å². The third kappa shape index (κ3) is 6.38. The summed E-state index contributed by atoms with van der Waals surface area (Å²) in [4.78, 5) is 12.4. The first kappa shape index (κ1) is 23.2. The minimum atomic E-state index is -0.211. The van der Waals surface area contributed by atoms with Gasteiger partial charge in [-0.15, -0.1) is 0 Å². The maximum atomic E-state index is 12.4. The van der Waals surface area contributed by atoms with Gasteiger partial charge in [0, 0.05) is 0 Å². The number of carbonyl (C=O) groups is 1. The van der Waals surface area contributed by atoms with E-state index in [-0.39, 0.29) is 34.5 Å². The van der Waals surface area contributed by atoms with Crippen molar-refractivity contribution in [3.63, 3.8) is 0 Å². The number of carbonyl (C=O) groups excluding carboxylic acids is 1. The molecule has 0 aromatic heterocycles. The number of rotatable bonds is 5. The molecule has 0 heterocycles. The second-order valence-corrected chi connectivity index (χ2v) is 9.30. The molecule has 1 saturated carbocycles. The van der Waals surface area contributed by atoms with Gasteiger partial charge in [0.15, 0.2) is 0 Å². The predicted molar refractivity (Wildman–Crippen MR) is 104 cm³/mol. The summed E-state index contributed by atoms with van der Waals surface area (Å²) < 4.78 is 6.68. The fourth-order valence-electron chi connectivity index (χ4n) is 3.99. The molecule has 1 aliphatic rings. The van der Waals surface area contributed by atoms with E-state index in [0.29, 0.717) is 11.6 Å². The highest BCUT2D eigenvalue weighted by Gasteiger charge is 2.32. The van der Waals surface area contributed by atoms with Crippen LogP contribution >= 0.6 is 0 Å². The van der Waals surface area contributed by atoms with Crippen molar-refractivity contribution in [1.82, 2.24) is 0 Å². The van der Waals surface area contributed by atoms with Crippen molar-refractivity contribution < 1.29 is 31.0 Å². The Hall–Kier alpha value is -0.870. The lowest BCUT2D eigenvalue weighted by Crippen LogP contribution is -3.00. The first-order valence-electron chi connectivity index (χ1n) is 9.74. The maximum Gasteiger partial charge on any atom is 0.338 e. The van der Waals surface area contributed by atoms with Gasteiger partial charge in [0.25, 0.3) is 0 Å². The molecule has 1 aromatic rings. The van der Waals surface area contributed by atoms with Crippen LogP contribution in [0.25, 0.3) is 0 Å². The number of quaternary nitrogens is 1. The standard InChI is InChI=1S/C22H36NO2.BrH/c1-17(16-23(5,6)20-10-8-7-9-11-20)25-21(24)18-12-14-19(15-13-18)22(2,3)4;/h12-15,17,20H,7-11,16H2,1-6H3;1H/q+1;/p-1/t17-;/m0./s1. The lowest BCUT2D eigenvalue weighted by molar-refractivity contribution is -0.918. The molecule has 0 radical (unpaired) electrons. The van der Waals surface area contributed by atoms with E-state index in [0.717, 1.165) is 11.0 Å². The normalized spacial score (nSPS) is 17.3. The van der Waals surface area contributed by atoms with E-state index in [4.69, 9.17) is 4.74 Å². The fraction of sp³-hybridized carbons (Fsp3) is 0.682. The smallest absolute Gasteiger partial charge is 0.338 e. The summed E-state index contributed by atoms with van der Waals surface area (Å²) in [6.45, 7) is 9.41. The highest BCUT2D eigenvalue weighted by Crippen LogP contribution is 2.26. The van der Waals surface area contributed by atoms with Crippen molar-refractivity contribution in [1.29, 1.82) is 0 Å². The molecule has 1 aromatic carbocycles. The van der Waals surface area contributed by atoms with Crippen molar-refractivity contribution in [3.05, 3.63) is 35.4 Å². The van der Waals surface area contributed by atoms with E-state index in [2.05, 4.69) is 34.9 Å². The van der Waals surface area contributed by atoms with Gasteiger partial charge in [-0.05, 0) is 55.7 Å². The monoisotopic (exact) mass is 425 g/mol.